The fourth-order valence-electron chi connectivity index (χ4n) is 5.64. The van der Waals surface area contributed by atoms with Crippen LogP contribution in [0.15, 0.2) is 91.0 Å². The molecule has 8 rings (SSSR count). The second-order valence-corrected chi connectivity index (χ2v) is 8.27. The SMILES string of the molecule is c1ccc2c(c1)[nH]c1c2ccc2c3ccc4cccc5c6ccccc6n(c21)c3c45. The molecular weight excluding hydrogens is 364 g/mol. The maximum atomic E-state index is 3.74. The predicted octanol–water partition coefficient (Wildman–Crippen LogP) is 7.62. The molecule has 0 saturated heterocycles. The van der Waals surface area contributed by atoms with Crippen molar-refractivity contribution < 1.29 is 0 Å². The zero-order valence-electron chi connectivity index (χ0n) is 16.1. The summed E-state index contributed by atoms with van der Waals surface area (Å²) >= 11 is 0. The second-order valence-electron chi connectivity index (χ2n) is 8.27. The molecule has 0 radical (unpaired) electrons. The molecule has 1 N–H and O–H groups in total. The number of hydrogen-bond acceptors (Lipinski definition) is 0. The van der Waals surface area contributed by atoms with Crippen LogP contribution >= 0.6 is 0 Å². The van der Waals surface area contributed by atoms with Gasteiger partial charge in [-0.05, 0) is 22.9 Å². The fourth-order valence-corrected chi connectivity index (χ4v) is 5.64. The molecule has 138 valence electrons. The number of nitrogens with one attached hydrogen (secondary N) is 1. The molecule has 0 bridgehead atoms. The summed E-state index contributed by atoms with van der Waals surface area (Å²) < 4.78 is 2.49. The average molecular weight is 380 g/mol. The summed E-state index contributed by atoms with van der Waals surface area (Å²) in [6.07, 6.45) is 0. The number of pyridine rings is 1. The molecule has 2 heteroatoms. The van der Waals surface area contributed by atoms with Crippen molar-refractivity contribution in [1.29, 1.82) is 0 Å². The summed E-state index contributed by atoms with van der Waals surface area (Å²) in [5, 5.41) is 10.5. The molecule has 3 aromatic heterocycles. The van der Waals surface area contributed by atoms with E-state index in [-0.39, 0.29) is 0 Å². The van der Waals surface area contributed by atoms with E-state index < -0.39 is 0 Å². The van der Waals surface area contributed by atoms with E-state index in [1.165, 1.54) is 70.7 Å². The lowest BCUT2D eigenvalue weighted by Crippen LogP contribution is -1.92. The lowest BCUT2D eigenvalue weighted by Gasteiger charge is -2.12. The third-order valence-corrected chi connectivity index (χ3v) is 6.85. The first-order valence-corrected chi connectivity index (χ1v) is 10.4. The van der Waals surface area contributed by atoms with E-state index in [9.17, 15) is 0 Å². The van der Waals surface area contributed by atoms with Crippen LogP contribution in [0, 0.1) is 0 Å². The highest BCUT2D eigenvalue weighted by Crippen LogP contribution is 2.43. The fraction of sp³-hybridized carbons (Fsp3) is 0. The van der Waals surface area contributed by atoms with Crippen molar-refractivity contribution in [2.45, 2.75) is 0 Å². The highest BCUT2D eigenvalue weighted by atomic mass is 14.9. The van der Waals surface area contributed by atoms with Crippen molar-refractivity contribution in [2.24, 2.45) is 0 Å². The van der Waals surface area contributed by atoms with E-state index in [2.05, 4.69) is 100 Å². The quantitative estimate of drug-likeness (QED) is 0.206. The van der Waals surface area contributed by atoms with Crippen LogP contribution in [-0.4, -0.2) is 9.38 Å². The van der Waals surface area contributed by atoms with Crippen molar-refractivity contribution in [2.75, 3.05) is 0 Å². The minimum atomic E-state index is 1.19. The van der Waals surface area contributed by atoms with E-state index in [1.807, 2.05) is 0 Å². The number of aromatic nitrogens is 2. The number of rotatable bonds is 0. The Morgan fingerprint density at radius 1 is 0.500 bits per heavy atom. The van der Waals surface area contributed by atoms with Gasteiger partial charge in [-0.15, -0.1) is 0 Å². The zero-order valence-corrected chi connectivity index (χ0v) is 16.1. The first kappa shape index (κ1) is 14.9. The first-order valence-electron chi connectivity index (χ1n) is 10.4. The topological polar surface area (TPSA) is 20.2 Å². The largest absolute Gasteiger partial charge is 0.353 e. The summed E-state index contributed by atoms with van der Waals surface area (Å²) in [4.78, 5) is 3.74. The maximum Gasteiger partial charge on any atom is 0.0783 e. The van der Waals surface area contributed by atoms with Crippen molar-refractivity contribution in [3.8, 4) is 0 Å². The Balaban J connectivity index is 1.82. The molecule has 5 aromatic carbocycles. The minimum absolute atomic E-state index is 1.19. The van der Waals surface area contributed by atoms with E-state index in [0.717, 1.165) is 0 Å². The first-order chi connectivity index (χ1) is 14.9. The van der Waals surface area contributed by atoms with Gasteiger partial charge in [-0.1, -0.05) is 78.9 Å². The van der Waals surface area contributed by atoms with Crippen LogP contribution in [0.2, 0.25) is 0 Å². The highest BCUT2D eigenvalue weighted by molar-refractivity contribution is 6.31. The summed E-state index contributed by atoms with van der Waals surface area (Å²) in [6, 6.07) is 33.2. The van der Waals surface area contributed by atoms with Gasteiger partial charge in [0.15, 0.2) is 0 Å². The Bertz CT molecular complexity index is 1950. The molecular formula is C28H16N2. The van der Waals surface area contributed by atoms with E-state index in [1.54, 1.807) is 0 Å². The normalized spacial score (nSPS) is 12.7. The summed E-state index contributed by atoms with van der Waals surface area (Å²) in [5.41, 5.74) is 6.26. The molecule has 0 aliphatic heterocycles. The van der Waals surface area contributed by atoms with Crippen molar-refractivity contribution in [3.05, 3.63) is 91.0 Å². The van der Waals surface area contributed by atoms with Gasteiger partial charge in [-0.2, -0.15) is 0 Å². The number of para-hydroxylation sites is 2. The van der Waals surface area contributed by atoms with Gasteiger partial charge >= 0.3 is 0 Å². The molecule has 8 aromatic rings. The minimum Gasteiger partial charge on any atom is -0.353 e. The number of nitrogens with zero attached hydrogens (tertiary/aromatic N) is 1. The lowest BCUT2D eigenvalue weighted by atomic mass is 9.99. The molecule has 0 amide bonds. The molecule has 30 heavy (non-hydrogen) atoms. The summed E-state index contributed by atoms with van der Waals surface area (Å²) in [6.45, 7) is 0. The van der Waals surface area contributed by atoms with Crippen LogP contribution in [0.4, 0.5) is 0 Å². The van der Waals surface area contributed by atoms with Gasteiger partial charge < -0.3 is 9.38 Å². The molecule has 0 saturated carbocycles. The van der Waals surface area contributed by atoms with Crippen molar-refractivity contribution in [1.82, 2.24) is 9.38 Å². The highest BCUT2D eigenvalue weighted by Gasteiger charge is 2.20. The van der Waals surface area contributed by atoms with Gasteiger partial charge in [0, 0.05) is 37.8 Å². The molecule has 0 atom stereocenters. The smallest absolute Gasteiger partial charge is 0.0783 e. The van der Waals surface area contributed by atoms with E-state index in [0.29, 0.717) is 0 Å². The molecule has 0 fully saturated rings. The van der Waals surface area contributed by atoms with Crippen LogP contribution in [0.5, 0.6) is 0 Å². The Labute approximate surface area is 171 Å². The summed E-state index contributed by atoms with van der Waals surface area (Å²) in [7, 11) is 0. The molecule has 2 nitrogen and oxygen atoms in total. The zero-order chi connectivity index (χ0) is 19.4. The third kappa shape index (κ3) is 1.56. The Morgan fingerprint density at radius 3 is 2.20 bits per heavy atom. The number of aromatic amines is 1. The van der Waals surface area contributed by atoms with Gasteiger partial charge in [0.25, 0.3) is 0 Å². The van der Waals surface area contributed by atoms with Gasteiger partial charge in [0.05, 0.1) is 22.1 Å². The predicted molar refractivity (Wildman–Crippen MR) is 128 cm³/mol. The molecule has 0 aliphatic rings. The van der Waals surface area contributed by atoms with Gasteiger partial charge in [-0.3, -0.25) is 0 Å². The van der Waals surface area contributed by atoms with Gasteiger partial charge in [0.1, 0.15) is 0 Å². The van der Waals surface area contributed by atoms with E-state index >= 15 is 0 Å². The molecule has 3 heterocycles. The standard InChI is InChI=1S/C28H16N2/c1-3-10-23-17(7-1)20-14-15-22-21-13-12-16-6-5-9-19-18-8-2-4-11-24(18)30(27(21)25(16)19)28(22)26(20)29-23/h1-15,29H. The van der Waals surface area contributed by atoms with Crippen LogP contribution in [0.25, 0.3) is 70.7 Å². The van der Waals surface area contributed by atoms with E-state index in [4.69, 9.17) is 0 Å². The molecule has 0 spiro atoms. The van der Waals surface area contributed by atoms with Gasteiger partial charge in [0.2, 0.25) is 0 Å². The Hall–Kier alpha value is -4.04. The monoisotopic (exact) mass is 380 g/mol. The lowest BCUT2D eigenvalue weighted by molar-refractivity contribution is 1.35. The number of hydrogen-bond donors (Lipinski definition) is 1. The maximum absolute atomic E-state index is 3.74. The van der Waals surface area contributed by atoms with Crippen LogP contribution in [0.3, 0.4) is 0 Å². The van der Waals surface area contributed by atoms with Gasteiger partial charge in [-0.25, -0.2) is 0 Å². The average Bonchev–Trinajstić information content (AvgIpc) is 3.35. The van der Waals surface area contributed by atoms with Crippen LogP contribution < -0.4 is 0 Å². The third-order valence-electron chi connectivity index (χ3n) is 6.85. The molecule has 0 aliphatic carbocycles. The number of H-pyrrole nitrogens is 1. The van der Waals surface area contributed by atoms with Crippen molar-refractivity contribution in [3.63, 3.8) is 0 Å². The van der Waals surface area contributed by atoms with Crippen LogP contribution in [-0.2, 0) is 0 Å². The summed E-state index contributed by atoms with van der Waals surface area (Å²) in [5.74, 6) is 0. The van der Waals surface area contributed by atoms with Crippen LogP contribution in [0.1, 0.15) is 0 Å². The number of benzene rings is 5. The second kappa shape index (κ2) is 4.92. The van der Waals surface area contributed by atoms with Crippen molar-refractivity contribution >= 4 is 70.7 Å². The molecule has 0 unspecified atom stereocenters. The Morgan fingerprint density at radius 2 is 1.23 bits per heavy atom. The Kier molecular flexibility index (Phi) is 2.44. The number of fused-ring (bicyclic) bond motifs is 10.